The minimum Gasteiger partial charge on any atom is -0.307 e. The van der Waals surface area contributed by atoms with Crippen LogP contribution in [0.3, 0.4) is 0 Å². The van der Waals surface area contributed by atoms with Gasteiger partial charge >= 0.3 is 16.5 Å². The van der Waals surface area contributed by atoms with Gasteiger partial charge in [-0.3, -0.25) is 12.2 Å². The summed E-state index contributed by atoms with van der Waals surface area (Å²) in [5.74, 6) is 0. The molecule has 0 aliphatic heterocycles. The van der Waals surface area contributed by atoms with Crippen LogP contribution in [0.1, 0.15) is 12.8 Å². The van der Waals surface area contributed by atoms with Gasteiger partial charge in [0.2, 0.25) is 0 Å². The van der Waals surface area contributed by atoms with Gasteiger partial charge in [0.05, 0.1) is 0 Å². The van der Waals surface area contributed by atoms with Gasteiger partial charge in [0.25, 0.3) is 0 Å². The number of carbonyl (C=O) groups is 2. The first kappa shape index (κ1) is 19.4. The molecule has 2 aliphatic carbocycles. The largest absolute Gasteiger partial charge is 2.00 e. The van der Waals surface area contributed by atoms with Crippen molar-refractivity contribution in [2.75, 3.05) is 0 Å². The van der Waals surface area contributed by atoms with E-state index in [-0.39, 0.29) is 16.5 Å². The second-order valence-corrected chi connectivity index (χ2v) is 2.01. The van der Waals surface area contributed by atoms with Crippen LogP contribution in [0.5, 0.6) is 0 Å². The van der Waals surface area contributed by atoms with Gasteiger partial charge in [0.1, 0.15) is 13.6 Å². The van der Waals surface area contributed by atoms with Gasteiger partial charge in [-0.1, -0.05) is 0 Å². The van der Waals surface area contributed by atoms with Gasteiger partial charge in [-0.15, -0.1) is 12.8 Å². The van der Waals surface area contributed by atoms with E-state index < -0.39 is 0 Å². The van der Waals surface area contributed by atoms with Crippen LogP contribution in [-0.4, -0.2) is 13.6 Å². The van der Waals surface area contributed by atoms with Crippen LogP contribution in [0.2, 0.25) is 0 Å². The van der Waals surface area contributed by atoms with E-state index in [2.05, 4.69) is 24.3 Å². The monoisotopic (exact) mass is 248 g/mol. The molecule has 2 aliphatic rings. The van der Waals surface area contributed by atoms with Crippen molar-refractivity contribution in [1.29, 1.82) is 0 Å². The first-order valence-electron chi connectivity index (χ1n) is 4.01. The quantitative estimate of drug-likeness (QED) is 0.487. The van der Waals surface area contributed by atoms with Crippen molar-refractivity contribution in [2.24, 2.45) is 0 Å². The Morgan fingerprint density at radius 1 is 0.800 bits per heavy atom. The molecule has 0 N–H and O–H groups in total. The molecule has 0 radical (unpaired) electrons. The van der Waals surface area contributed by atoms with Gasteiger partial charge in [0, 0.05) is 0 Å². The van der Waals surface area contributed by atoms with E-state index in [1.165, 1.54) is 0 Å². The van der Waals surface area contributed by atoms with Gasteiger partial charge < -0.3 is 9.59 Å². The van der Waals surface area contributed by atoms with Crippen LogP contribution in [-0.2, 0) is 26.1 Å². The molecular formula is C12H14NiO2. The maximum Gasteiger partial charge on any atom is 2.00 e. The third-order valence-corrected chi connectivity index (χ3v) is 1.17. The molecule has 0 fully saturated rings. The van der Waals surface area contributed by atoms with E-state index in [0.29, 0.717) is 0 Å². The first-order valence-corrected chi connectivity index (χ1v) is 4.01. The third kappa shape index (κ3) is 19.3. The molecule has 0 saturated heterocycles. The van der Waals surface area contributed by atoms with E-state index in [4.69, 9.17) is 9.59 Å². The third-order valence-electron chi connectivity index (χ3n) is 1.17. The average molecular weight is 249 g/mol. The van der Waals surface area contributed by atoms with Crippen molar-refractivity contribution >= 4 is 13.6 Å². The summed E-state index contributed by atoms with van der Waals surface area (Å²) in [5.41, 5.74) is 0. The predicted molar refractivity (Wildman–Crippen MR) is 57.4 cm³/mol. The standard InChI is InChI=1S/2C5H5.2CH2O.Ni/c2*1-2-4-5-3-1;2*1-2;/h2*1-3H,4H2;2*1H2;/q2*-1;;;+2. The fourth-order valence-electron chi connectivity index (χ4n) is 0.680. The average Bonchev–Trinajstić information content (AvgIpc) is 3.01. The van der Waals surface area contributed by atoms with E-state index in [1.807, 2.05) is 37.9 Å². The second kappa shape index (κ2) is 23.0. The molecule has 3 heteroatoms. The minimum atomic E-state index is 0. The molecule has 0 unspecified atom stereocenters. The van der Waals surface area contributed by atoms with Crippen LogP contribution >= 0.6 is 0 Å². The molecule has 84 valence electrons. The summed E-state index contributed by atoms with van der Waals surface area (Å²) in [6.07, 6.45) is 20.0. The summed E-state index contributed by atoms with van der Waals surface area (Å²) in [5, 5.41) is 0. The molecule has 0 aromatic heterocycles. The van der Waals surface area contributed by atoms with Gasteiger partial charge in [0.15, 0.2) is 0 Å². The maximum absolute atomic E-state index is 8.00. The Balaban J connectivity index is -0.000000138. The zero-order valence-corrected chi connectivity index (χ0v) is 9.41. The Labute approximate surface area is 101 Å². The van der Waals surface area contributed by atoms with Crippen LogP contribution in [0.4, 0.5) is 0 Å². The van der Waals surface area contributed by atoms with E-state index in [1.54, 1.807) is 0 Å². The van der Waals surface area contributed by atoms with Crippen LogP contribution in [0, 0.1) is 12.2 Å². The van der Waals surface area contributed by atoms with Gasteiger partial charge in [-0.2, -0.15) is 12.2 Å². The van der Waals surface area contributed by atoms with E-state index in [9.17, 15) is 0 Å². The Hall–Kier alpha value is -1.21. The zero-order valence-electron chi connectivity index (χ0n) is 8.43. The fourth-order valence-corrected chi connectivity index (χ4v) is 0.680. The smallest absolute Gasteiger partial charge is 0.307 e. The molecule has 15 heavy (non-hydrogen) atoms. The van der Waals surface area contributed by atoms with Crippen molar-refractivity contribution < 1.29 is 26.1 Å². The molecular weight excluding hydrogens is 235 g/mol. The second-order valence-electron chi connectivity index (χ2n) is 2.01. The van der Waals surface area contributed by atoms with E-state index in [0.717, 1.165) is 12.8 Å². The van der Waals surface area contributed by atoms with Crippen molar-refractivity contribution in [3.05, 3.63) is 48.6 Å². The van der Waals surface area contributed by atoms with Gasteiger partial charge in [-0.25, -0.2) is 24.3 Å². The molecule has 0 aromatic rings. The Morgan fingerprint density at radius 3 is 1.20 bits per heavy atom. The molecule has 0 bridgehead atoms. The molecule has 0 amide bonds. The molecule has 2 nitrogen and oxygen atoms in total. The predicted octanol–water partition coefficient (Wildman–Crippen LogP) is 2.24. The van der Waals surface area contributed by atoms with Crippen molar-refractivity contribution in [1.82, 2.24) is 0 Å². The summed E-state index contributed by atoms with van der Waals surface area (Å²) < 4.78 is 0. The van der Waals surface area contributed by atoms with E-state index >= 15 is 0 Å². The first-order chi connectivity index (χ1) is 7.00. The molecule has 0 spiro atoms. The molecule has 0 heterocycles. The Bertz CT molecular complexity index is 174. The fraction of sp³-hybridized carbons (Fsp3) is 0.167. The summed E-state index contributed by atoms with van der Waals surface area (Å²) in [7, 11) is 0. The minimum absolute atomic E-state index is 0. The van der Waals surface area contributed by atoms with Crippen molar-refractivity contribution in [2.45, 2.75) is 12.8 Å². The maximum atomic E-state index is 8.00. The van der Waals surface area contributed by atoms with Crippen molar-refractivity contribution in [3.63, 3.8) is 0 Å². The number of rotatable bonds is 0. The van der Waals surface area contributed by atoms with Crippen LogP contribution in [0.15, 0.2) is 36.5 Å². The Kier molecular flexibility index (Phi) is 29.7. The summed E-state index contributed by atoms with van der Waals surface area (Å²) in [6, 6.07) is 0. The number of hydrogen-bond donors (Lipinski definition) is 0. The number of allylic oxidation sites excluding steroid dienone is 8. The molecule has 0 aromatic carbocycles. The normalized spacial score (nSPS) is 12.3. The summed E-state index contributed by atoms with van der Waals surface area (Å²) in [6.45, 7) is 4.00. The van der Waals surface area contributed by atoms with Crippen LogP contribution in [0.25, 0.3) is 0 Å². The number of hydrogen-bond acceptors (Lipinski definition) is 2. The molecule has 0 saturated carbocycles. The van der Waals surface area contributed by atoms with Crippen LogP contribution < -0.4 is 0 Å². The zero-order chi connectivity index (χ0) is 11.1. The SMILES string of the molecule is C=O.C=O.[C-]1=CC=CC1.[C-]1=CC=CC1.[Ni+2]. The molecule has 0 atom stereocenters. The van der Waals surface area contributed by atoms with Gasteiger partial charge in [-0.05, 0) is 0 Å². The Morgan fingerprint density at radius 2 is 1.13 bits per heavy atom. The number of carbonyl (C=O) groups excluding carboxylic acids is 2. The molecule has 2 rings (SSSR count). The van der Waals surface area contributed by atoms with Crippen molar-refractivity contribution in [3.8, 4) is 0 Å². The summed E-state index contributed by atoms with van der Waals surface area (Å²) in [4.78, 5) is 16.0. The summed E-state index contributed by atoms with van der Waals surface area (Å²) >= 11 is 0. The topological polar surface area (TPSA) is 34.1 Å².